The van der Waals surface area contributed by atoms with Crippen molar-refractivity contribution in [3.63, 3.8) is 0 Å². The van der Waals surface area contributed by atoms with E-state index in [2.05, 4.69) is 0 Å². The molecule has 0 aromatic heterocycles. The molecule has 3 amide bonds. The first-order valence-electron chi connectivity index (χ1n) is 12.0. The topological polar surface area (TPSA) is 84.0 Å². The fourth-order valence-electron chi connectivity index (χ4n) is 5.49. The number of esters is 1. The van der Waals surface area contributed by atoms with Crippen LogP contribution in [0.5, 0.6) is 5.75 Å². The highest BCUT2D eigenvalue weighted by Crippen LogP contribution is 2.41. The Hall–Kier alpha value is -3.74. The van der Waals surface area contributed by atoms with Gasteiger partial charge in [0.25, 0.3) is 0 Å². The van der Waals surface area contributed by atoms with Crippen molar-refractivity contribution in [2.45, 2.75) is 33.6 Å². The third-order valence-electron chi connectivity index (χ3n) is 7.36. The number of allylic oxidation sites excluding steroid dienone is 2. The summed E-state index contributed by atoms with van der Waals surface area (Å²) in [7, 11) is 0. The lowest BCUT2D eigenvalue weighted by atomic mass is 9.78. The number of aryl methyl sites for hydroxylation is 2. The Morgan fingerprint density at radius 1 is 0.971 bits per heavy atom. The summed E-state index contributed by atoms with van der Waals surface area (Å²) in [5.74, 6) is -1.81. The molecule has 35 heavy (non-hydrogen) atoms. The number of para-hydroxylation sites is 1. The number of ether oxygens (including phenoxy) is 1. The lowest BCUT2D eigenvalue weighted by Crippen LogP contribution is -2.32. The zero-order chi connectivity index (χ0) is 24.9. The van der Waals surface area contributed by atoms with Gasteiger partial charge in [-0.3, -0.25) is 19.2 Å². The van der Waals surface area contributed by atoms with Gasteiger partial charge in [-0.05, 0) is 61.6 Å². The van der Waals surface area contributed by atoms with Crippen LogP contribution < -0.4 is 14.5 Å². The molecule has 0 saturated carbocycles. The van der Waals surface area contributed by atoms with Gasteiger partial charge in [0.2, 0.25) is 17.7 Å². The maximum Gasteiger partial charge on any atom is 0.316 e. The van der Waals surface area contributed by atoms with Crippen molar-refractivity contribution >= 4 is 35.1 Å². The van der Waals surface area contributed by atoms with Gasteiger partial charge in [0.1, 0.15) is 5.75 Å². The third-order valence-corrected chi connectivity index (χ3v) is 7.36. The van der Waals surface area contributed by atoms with Crippen molar-refractivity contribution in [3.05, 3.63) is 65.7 Å². The molecule has 2 heterocycles. The molecule has 2 aromatic carbocycles. The first kappa shape index (κ1) is 23.0. The van der Waals surface area contributed by atoms with Crippen LogP contribution in [0.15, 0.2) is 54.6 Å². The molecule has 7 nitrogen and oxygen atoms in total. The number of nitrogens with zero attached hydrogens (tertiary/aromatic N) is 2. The van der Waals surface area contributed by atoms with Gasteiger partial charge in [0.05, 0.1) is 23.4 Å². The fraction of sp³-hybridized carbons (Fsp3) is 0.357. The van der Waals surface area contributed by atoms with Gasteiger partial charge < -0.3 is 9.64 Å². The van der Waals surface area contributed by atoms with Crippen LogP contribution in [0, 0.1) is 37.5 Å². The molecule has 2 fully saturated rings. The first-order chi connectivity index (χ1) is 16.8. The molecule has 2 saturated heterocycles. The van der Waals surface area contributed by atoms with E-state index in [9.17, 15) is 19.2 Å². The van der Waals surface area contributed by atoms with Crippen molar-refractivity contribution < 1.29 is 23.9 Å². The average molecular weight is 473 g/mol. The van der Waals surface area contributed by atoms with Crippen LogP contribution in [0.4, 0.5) is 11.4 Å². The van der Waals surface area contributed by atoms with E-state index in [0.29, 0.717) is 23.4 Å². The zero-order valence-corrected chi connectivity index (χ0v) is 20.1. The number of carbonyl (C=O) groups is 4. The van der Waals surface area contributed by atoms with Gasteiger partial charge in [-0.15, -0.1) is 0 Å². The van der Waals surface area contributed by atoms with E-state index in [1.165, 1.54) is 4.90 Å². The van der Waals surface area contributed by atoms with E-state index in [4.69, 9.17) is 4.74 Å². The number of rotatable bonds is 4. The Morgan fingerprint density at radius 3 is 2.46 bits per heavy atom. The smallest absolute Gasteiger partial charge is 0.316 e. The molecule has 4 atom stereocenters. The minimum atomic E-state index is -0.569. The Bertz CT molecular complexity index is 1270. The van der Waals surface area contributed by atoms with Crippen LogP contribution in [-0.4, -0.2) is 30.2 Å². The maximum atomic E-state index is 13.1. The van der Waals surface area contributed by atoms with E-state index in [-0.39, 0.29) is 48.4 Å². The van der Waals surface area contributed by atoms with Crippen LogP contribution >= 0.6 is 0 Å². The molecular weight excluding hydrogens is 444 g/mol. The Balaban J connectivity index is 1.30. The maximum absolute atomic E-state index is 13.1. The van der Waals surface area contributed by atoms with Gasteiger partial charge >= 0.3 is 5.97 Å². The lowest BCUT2D eigenvalue weighted by Gasteiger charge is -2.22. The summed E-state index contributed by atoms with van der Waals surface area (Å²) in [6, 6.07) is 12.5. The average Bonchev–Trinajstić information content (AvgIpc) is 3.33. The van der Waals surface area contributed by atoms with E-state index >= 15 is 0 Å². The molecule has 0 bridgehead atoms. The zero-order valence-electron chi connectivity index (χ0n) is 20.1. The first-order valence-corrected chi connectivity index (χ1v) is 12.0. The molecule has 0 spiro atoms. The molecule has 0 N–H and O–H groups in total. The largest absolute Gasteiger partial charge is 0.426 e. The van der Waals surface area contributed by atoms with Gasteiger partial charge in [0.15, 0.2) is 0 Å². The van der Waals surface area contributed by atoms with Gasteiger partial charge in [-0.2, -0.15) is 0 Å². The number of benzene rings is 2. The lowest BCUT2D eigenvalue weighted by molar-refractivity contribution is -0.139. The third kappa shape index (κ3) is 3.95. The number of imide groups is 1. The number of amides is 3. The summed E-state index contributed by atoms with van der Waals surface area (Å²) in [6.07, 6.45) is 4.64. The fourth-order valence-corrected chi connectivity index (χ4v) is 5.49. The van der Waals surface area contributed by atoms with Gasteiger partial charge in [0, 0.05) is 18.7 Å². The predicted molar refractivity (Wildman–Crippen MR) is 131 cm³/mol. The minimum absolute atomic E-state index is 0.0177. The van der Waals surface area contributed by atoms with Gasteiger partial charge in [-0.1, -0.05) is 37.3 Å². The Morgan fingerprint density at radius 2 is 1.74 bits per heavy atom. The van der Waals surface area contributed by atoms with Crippen molar-refractivity contribution in [3.8, 4) is 5.75 Å². The summed E-state index contributed by atoms with van der Waals surface area (Å²) in [6.45, 7) is 5.95. The number of fused-ring (bicyclic) bond motifs is 1. The molecule has 2 aromatic rings. The van der Waals surface area contributed by atoms with Crippen LogP contribution in [0.3, 0.4) is 0 Å². The molecule has 3 aliphatic rings. The van der Waals surface area contributed by atoms with E-state index in [1.54, 1.807) is 30.0 Å². The molecule has 5 rings (SSSR count). The van der Waals surface area contributed by atoms with Crippen molar-refractivity contribution in [1.82, 2.24) is 0 Å². The second-order valence-electron chi connectivity index (χ2n) is 9.73. The van der Waals surface area contributed by atoms with Gasteiger partial charge in [-0.25, -0.2) is 4.90 Å². The number of anilines is 2. The van der Waals surface area contributed by atoms with E-state index < -0.39 is 11.9 Å². The molecule has 7 heteroatoms. The standard InChI is InChI=1S/C28H28N2O5/c1-16-7-4-5-10-22(16)29-15-19(14-24(29)31)28(34)35-20-11-12-23(18(3)13-20)30-26(32)21-9-6-8-17(2)25(21)27(30)33/h4-8,10-13,17,19,21,25H,9,14-15H2,1-3H3/t17-,19+,21+,25+/m0/s1. The number of hydrogen-bond acceptors (Lipinski definition) is 5. The SMILES string of the molecule is Cc1ccccc1N1C[C@H](C(=O)Oc2ccc(N3C(=O)[C@@H]4[C@@H](C)C=CC[C@H]4C3=O)c(C)c2)CC1=O. The summed E-state index contributed by atoms with van der Waals surface area (Å²) in [4.78, 5) is 54.5. The van der Waals surface area contributed by atoms with E-state index in [0.717, 1.165) is 11.3 Å². The number of carbonyl (C=O) groups excluding carboxylic acids is 4. The molecule has 1 aliphatic carbocycles. The molecular formula is C28H28N2O5. The van der Waals surface area contributed by atoms with Crippen molar-refractivity contribution in [2.24, 2.45) is 23.7 Å². The minimum Gasteiger partial charge on any atom is -0.426 e. The van der Waals surface area contributed by atoms with Crippen molar-refractivity contribution in [1.29, 1.82) is 0 Å². The highest BCUT2D eigenvalue weighted by molar-refractivity contribution is 6.22. The molecule has 2 aliphatic heterocycles. The van der Waals surface area contributed by atoms with E-state index in [1.807, 2.05) is 50.3 Å². The summed E-state index contributed by atoms with van der Waals surface area (Å²) < 4.78 is 5.61. The van der Waals surface area contributed by atoms with Crippen LogP contribution in [-0.2, 0) is 19.2 Å². The highest BCUT2D eigenvalue weighted by atomic mass is 16.5. The molecule has 180 valence electrons. The quantitative estimate of drug-likeness (QED) is 0.291. The van der Waals surface area contributed by atoms with Crippen LogP contribution in [0.1, 0.15) is 30.9 Å². The second-order valence-corrected chi connectivity index (χ2v) is 9.73. The van der Waals surface area contributed by atoms with Crippen molar-refractivity contribution in [2.75, 3.05) is 16.3 Å². The monoisotopic (exact) mass is 472 g/mol. The predicted octanol–water partition coefficient (Wildman–Crippen LogP) is 3.96. The van der Waals surface area contributed by atoms with Crippen LogP contribution in [0.25, 0.3) is 0 Å². The Kier molecular flexibility index (Phi) is 5.79. The molecule has 0 unspecified atom stereocenters. The molecule has 0 radical (unpaired) electrons. The summed E-state index contributed by atoms with van der Waals surface area (Å²) >= 11 is 0. The van der Waals surface area contributed by atoms with Crippen LogP contribution in [0.2, 0.25) is 0 Å². The second kappa shape index (κ2) is 8.80. The summed E-state index contributed by atoms with van der Waals surface area (Å²) in [5, 5.41) is 0. The highest BCUT2D eigenvalue weighted by Gasteiger charge is 2.50. The normalized spacial score (nSPS) is 25.9. The summed E-state index contributed by atoms with van der Waals surface area (Å²) in [5.41, 5.74) is 2.96. The Labute approximate surface area is 204 Å². The number of hydrogen-bond donors (Lipinski definition) is 0.